The smallest absolute Gasteiger partial charge is 0.322 e. The largest absolute Gasteiger partial charge is 0.468 e. The molecular formula is C12H25NO3. The Kier molecular flexibility index (Phi) is 8.21. The van der Waals surface area contributed by atoms with Gasteiger partial charge in [0.05, 0.1) is 7.11 Å². The Bertz CT molecular complexity index is 195. The van der Waals surface area contributed by atoms with Crippen molar-refractivity contribution < 1.29 is 14.3 Å². The zero-order valence-electron chi connectivity index (χ0n) is 11.1. The van der Waals surface area contributed by atoms with Crippen molar-refractivity contribution in [2.24, 2.45) is 5.92 Å². The van der Waals surface area contributed by atoms with Gasteiger partial charge in [0.2, 0.25) is 0 Å². The zero-order chi connectivity index (χ0) is 12.6. The Balaban J connectivity index is 4.14. The lowest BCUT2D eigenvalue weighted by Crippen LogP contribution is -2.43. The Morgan fingerprint density at radius 1 is 1.25 bits per heavy atom. The Labute approximate surface area is 98.7 Å². The second-order valence-electron chi connectivity index (χ2n) is 4.55. The molecule has 0 bridgehead atoms. The van der Waals surface area contributed by atoms with E-state index in [1.54, 1.807) is 7.11 Å². The van der Waals surface area contributed by atoms with Crippen molar-refractivity contribution >= 4 is 5.97 Å². The van der Waals surface area contributed by atoms with Gasteiger partial charge in [-0.25, -0.2) is 0 Å². The first-order chi connectivity index (χ1) is 7.51. The summed E-state index contributed by atoms with van der Waals surface area (Å²) >= 11 is 0. The summed E-state index contributed by atoms with van der Waals surface area (Å²) in [5.74, 6) is 0.282. The van der Waals surface area contributed by atoms with Gasteiger partial charge in [0.15, 0.2) is 0 Å². The van der Waals surface area contributed by atoms with Crippen LogP contribution in [0.25, 0.3) is 0 Å². The van der Waals surface area contributed by atoms with Crippen LogP contribution in [0.15, 0.2) is 0 Å². The maximum atomic E-state index is 11.5. The van der Waals surface area contributed by atoms with Gasteiger partial charge < -0.3 is 14.8 Å². The maximum Gasteiger partial charge on any atom is 0.322 e. The van der Waals surface area contributed by atoms with Crippen LogP contribution in [0.4, 0.5) is 0 Å². The van der Waals surface area contributed by atoms with E-state index in [1.807, 2.05) is 0 Å². The summed E-state index contributed by atoms with van der Waals surface area (Å²) in [6.07, 6.45) is 1.69. The molecule has 0 radical (unpaired) electrons. The van der Waals surface area contributed by atoms with E-state index in [4.69, 9.17) is 9.47 Å². The minimum absolute atomic E-state index is 0.182. The topological polar surface area (TPSA) is 47.6 Å². The third kappa shape index (κ3) is 6.80. The molecule has 0 aliphatic heterocycles. The van der Waals surface area contributed by atoms with Crippen molar-refractivity contribution in [1.29, 1.82) is 0 Å². The van der Waals surface area contributed by atoms with Gasteiger partial charge in [0.25, 0.3) is 0 Å². The van der Waals surface area contributed by atoms with Gasteiger partial charge in [-0.15, -0.1) is 0 Å². The fourth-order valence-corrected chi connectivity index (χ4v) is 1.57. The number of methoxy groups -OCH3 is 2. The molecule has 4 nitrogen and oxygen atoms in total. The SMILES string of the molecule is COCCC(C)NC(CC(C)C)C(=O)OC. The number of hydrogen-bond donors (Lipinski definition) is 1. The summed E-state index contributed by atoms with van der Waals surface area (Å²) in [5.41, 5.74) is 0. The third-order valence-electron chi connectivity index (χ3n) is 2.43. The summed E-state index contributed by atoms with van der Waals surface area (Å²) in [6, 6.07) is 0.0413. The Morgan fingerprint density at radius 2 is 1.88 bits per heavy atom. The lowest BCUT2D eigenvalue weighted by atomic mass is 10.0. The molecule has 96 valence electrons. The molecule has 0 fully saturated rings. The standard InChI is InChI=1S/C12H25NO3/c1-9(2)8-11(12(14)16-5)13-10(3)6-7-15-4/h9-11,13H,6-8H2,1-5H3. The summed E-state index contributed by atoms with van der Waals surface area (Å²) in [6.45, 7) is 6.94. The Hall–Kier alpha value is -0.610. The van der Waals surface area contributed by atoms with Crippen LogP contribution in [0, 0.1) is 5.92 Å². The number of nitrogens with one attached hydrogen (secondary N) is 1. The second kappa shape index (κ2) is 8.53. The van der Waals surface area contributed by atoms with Crippen LogP contribution in [0.1, 0.15) is 33.6 Å². The molecule has 1 N–H and O–H groups in total. The minimum atomic E-state index is -0.211. The highest BCUT2D eigenvalue weighted by Gasteiger charge is 2.21. The summed E-state index contributed by atoms with van der Waals surface area (Å²) in [4.78, 5) is 11.5. The fraction of sp³-hybridized carbons (Fsp3) is 0.917. The van der Waals surface area contributed by atoms with Gasteiger partial charge in [-0.1, -0.05) is 13.8 Å². The van der Waals surface area contributed by atoms with Gasteiger partial charge in [-0.2, -0.15) is 0 Å². The zero-order valence-corrected chi connectivity index (χ0v) is 11.1. The van der Waals surface area contributed by atoms with Crippen molar-refractivity contribution in [3.05, 3.63) is 0 Å². The molecule has 0 aliphatic carbocycles. The number of hydrogen-bond acceptors (Lipinski definition) is 4. The first-order valence-electron chi connectivity index (χ1n) is 5.84. The van der Waals surface area contributed by atoms with E-state index in [9.17, 15) is 4.79 Å². The highest BCUT2D eigenvalue weighted by Crippen LogP contribution is 2.08. The summed E-state index contributed by atoms with van der Waals surface area (Å²) in [7, 11) is 3.11. The summed E-state index contributed by atoms with van der Waals surface area (Å²) in [5, 5.41) is 3.28. The number of carbonyl (C=O) groups is 1. The van der Waals surface area contributed by atoms with Crippen molar-refractivity contribution in [2.75, 3.05) is 20.8 Å². The molecule has 2 atom stereocenters. The highest BCUT2D eigenvalue weighted by atomic mass is 16.5. The van der Waals surface area contributed by atoms with Crippen LogP contribution in [0.5, 0.6) is 0 Å². The molecule has 0 saturated carbocycles. The lowest BCUT2D eigenvalue weighted by Gasteiger charge is -2.22. The van der Waals surface area contributed by atoms with E-state index >= 15 is 0 Å². The maximum absolute atomic E-state index is 11.5. The van der Waals surface area contributed by atoms with E-state index < -0.39 is 0 Å². The van der Waals surface area contributed by atoms with E-state index in [1.165, 1.54) is 7.11 Å². The molecule has 0 aliphatic rings. The van der Waals surface area contributed by atoms with Crippen molar-refractivity contribution in [3.8, 4) is 0 Å². The molecule has 0 spiro atoms. The molecule has 16 heavy (non-hydrogen) atoms. The van der Waals surface area contributed by atoms with Crippen LogP contribution < -0.4 is 5.32 Å². The monoisotopic (exact) mass is 231 g/mol. The highest BCUT2D eigenvalue weighted by molar-refractivity contribution is 5.75. The number of carbonyl (C=O) groups excluding carboxylic acids is 1. The first kappa shape index (κ1) is 15.4. The quantitative estimate of drug-likeness (QED) is 0.644. The van der Waals surface area contributed by atoms with Crippen LogP contribution in [0.2, 0.25) is 0 Å². The van der Waals surface area contributed by atoms with Crippen molar-refractivity contribution in [2.45, 2.75) is 45.7 Å². The molecule has 0 amide bonds. The molecule has 0 saturated heterocycles. The predicted octanol–water partition coefficient (Wildman–Crippen LogP) is 1.59. The van der Waals surface area contributed by atoms with Gasteiger partial charge in [-0.3, -0.25) is 4.79 Å². The molecule has 0 aromatic rings. The average molecular weight is 231 g/mol. The molecule has 0 rings (SSSR count). The van der Waals surface area contributed by atoms with Crippen LogP contribution in [0.3, 0.4) is 0 Å². The summed E-state index contributed by atoms with van der Waals surface area (Å²) < 4.78 is 9.79. The van der Waals surface area contributed by atoms with Crippen LogP contribution in [-0.2, 0) is 14.3 Å². The van der Waals surface area contributed by atoms with E-state index in [0.717, 1.165) is 12.8 Å². The Morgan fingerprint density at radius 3 is 2.31 bits per heavy atom. The van der Waals surface area contributed by atoms with Crippen LogP contribution in [-0.4, -0.2) is 38.9 Å². The average Bonchev–Trinajstić information content (AvgIpc) is 2.23. The lowest BCUT2D eigenvalue weighted by molar-refractivity contribution is -0.143. The van der Waals surface area contributed by atoms with E-state index in [2.05, 4.69) is 26.1 Å². The van der Waals surface area contributed by atoms with E-state index in [0.29, 0.717) is 12.5 Å². The van der Waals surface area contributed by atoms with Gasteiger partial charge in [0.1, 0.15) is 6.04 Å². The molecule has 0 heterocycles. The predicted molar refractivity (Wildman–Crippen MR) is 64.3 cm³/mol. The molecule has 0 aromatic carbocycles. The molecule has 0 aromatic heterocycles. The second-order valence-corrected chi connectivity index (χ2v) is 4.55. The fourth-order valence-electron chi connectivity index (χ4n) is 1.57. The van der Waals surface area contributed by atoms with Crippen molar-refractivity contribution in [3.63, 3.8) is 0 Å². The molecule has 4 heteroatoms. The molecular weight excluding hydrogens is 206 g/mol. The van der Waals surface area contributed by atoms with Gasteiger partial charge in [0, 0.05) is 19.8 Å². The van der Waals surface area contributed by atoms with E-state index in [-0.39, 0.29) is 18.1 Å². The first-order valence-corrected chi connectivity index (χ1v) is 5.84. The minimum Gasteiger partial charge on any atom is -0.468 e. The normalized spacial score (nSPS) is 14.9. The number of rotatable bonds is 8. The third-order valence-corrected chi connectivity index (χ3v) is 2.43. The van der Waals surface area contributed by atoms with Gasteiger partial charge in [-0.05, 0) is 25.7 Å². The number of ether oxygens (including phenoxy) is 2. The molecule has 2 unspecified atom stereocenters. The van der Waals surface area contributed by atoms with Gasteiger partial charge >= 0.3 is 5.97 Å². The number of esters is 1. The van der Waals surface area contributed by atoms with Crippen LogP contribution >= 0.6 is 0 Å². The van der Waals surface area contributed by atoms with Crippen molar-refractivity contribution in [1.82, 2.24) is 5.32 Å².